The maximum absolute atomic E-state index is 13.1. The van der Waals surface area contributed by atoms with E-state index in [4.69, 9.17) is 4.74 Å². The van der Waals surface area contributed by atoms with Gasteiger partial charge in [0.2, 0.25) is 0 Å². The van der Waals surface area contributed by atoms with Crippen LogP contribution >= 0.6 is 11.3 Å². The fraction of sp³-hybridized carbons (Fsp3) is 0.150. The zero-order valence-electron chi connectivity index (χ0n) is 16.4. The van der Waals surface area contributed by atoms with Crippen LogP contribution in [0.1, 0.15) is 21.5 Å². The standard InChI is InChI=1S/C20H19N3O5S2/c1-12-8-9-15(14(10-12)18(24)13-6-4-5-7-16(13)28-2)22-19(25)23-20-21-11-17(29-20)30(3,26)27/h4-11H,1-3H3,(H2,21,22,23,25). The molecule has 1 aromatic heterocycles. The minimum Gasteiger partial charge on any atom is -0.496 e. The summed E-state index contributed by atoms with van der Waals surface area (Å²) in [5.41, 5.74) is 1.81. The Kier molecular flexibility index (Phi) is 6.18. The van der Waals surface area contributed by atoms with Crippen molar-refractivity contribution < 1.29 is 22.7 Å². The highest BCUT2D eigenvalue weighted by atomic mass is 32.2. The molecule has 30 heavy (non-hydrogen) atoms. The number of aryl methyl sites for hydroxylation is 1. The van der Waals surface area contributed by atoms with Gasteiger partial charge in [-0.15, -0.1) is 0 Å². The van der Waals surface area contributed by atoms with Crippen molar-refractivity contribution in [3.8, 4) is 5.75 Å². The fourth-order valence-corrected chi connectivity index (χ4v) is 4.30. The Balaban J connectivity index is 1.86. The molecule has 0 aliphatic carbocycles. The number of sulfone groups is 1. The Morgan fingerprint density at radius 3 is 2.47 bits per heavy atom. The van der Waals surface area contributed by atoms with Gasteiger partial charge in [0.25, 0.3) is 0 Å². The number of nitrogens with one attached hydrogen (secondary N) is 2. The van der Waals surface area contributed by atoms with Crippen LogP contribution in [-0.4, -0.2) is 38.6 Å². The molecule has 0 aliphatic heterocycles. The lowest BCUT2D eigenvalue weighted by molar-refractivity contribution is 0.103. The summed E-state index contributed by atoms with van der Waals surface area (Å²) in [6.07, 6.45) is 2.24. The van der Waals surface area contributed by atoms with Gasteiger partial charge >= 0.3 is 6.03 Å². The monoisotopic (exact) mass is 445 g/mol. The number of carbonyl (C=O) groups excluding carboxylic acids is 2. The molecule has 0 spiro atoms. The molecule has 2 amide bonds. The SMILES string of the molecule is COc1ccccc1C(=O)c1cc(C)ccc1NC(=O)Nc1ncc(S(C)(=O)=O)s1. The molecule has 0 atom stereocenters. The molecule has 3 rings (SSSR count). The van der Waals surface area contributed by atoms with E-state index in [2.05, 4.69) is 15.6 Å². The number of hydrogen-bond donors (Lipinski definition) is 2. The molecular formula is C20H19N3O5S2. The van der Waals surface area contributed by atoms with E-state index >= 15 is 0 Å². The van der Waals surface area contributed by atoms with E-state index in [1.807, 2.05) is 6.92 Å². The third kappa shape index (κ3) is 4.84. The van der Waals surface area contributed by atoms with E-state index in [0.717, 1.165) is 23.2 Å². The second kappa shape index (κ2) is 8.64. The molecule has 0 radical (unpaired) electrons. The molecular weight excluding hydrogens is 426 g/mol. The molecule has 1 heterocycles. The molecule has 8 nitrogen and oxygen atoms in total. The minimum atomic E-state index is -3.41. The lowest BCUT2D eigenvalue weighted by atomic mass is 9.99. The van der Waals surface area contributed by atoms with Gasteiger partial charge < -0.3 is 10.1 Å². The van der Waals surface area contributed by atoms with Crippen LogP contribution in [0.15, 0.2) is 52.9 Å². The van der Waals surface area contributed by atoms with Crippen LogP contribution in [0.4, 0.5) is 15.6 Å². The highest BCUT2D eigenvalue weighted by Gasteiger charge is 2.20. The number of para-hydroxylation sites is 1. The molecule has 2 N–H and O–H groups in total. The van der Waals surface area contributed by atoms with Crippen LogP contribution < -0.4 is 15.4 Å². The zero-order valence-corrected chi connectivity index (χ0v) is 18.1. The van der Waals surface area contributed by atoms with Crippen LogP contribution in [0.5, 0.6) is 5.75 Å². The molecule has 0 unspecified atom stereocenters. The lowest BCUT2D eigenvalue weighted by Gasteiger charge is -2.13. The summed E-state index contributed by atoms with van der Waals surface area (Å²) in [7, 11) is -1.93. The maximum atomic E-state index is 13.1. The third-order valence-electron chi connectivity index (χ3n) is 4.09. The second-order valence-corrected chi connectivity index (χ2v) is 9.69. The molecule has 0 bridgehead atoms. The molecule has 0 saturated heterocycles. The fourth-order valence-electron chi connectivity index (χ4n) is 2.67. The smallest absolute Gasteiger partial charge is 0.325 e. The predicted octanol–water partition coefficient (Wildman–Crippen LogP) is 3.74. The van der Waals surface area contributed by atoms with Gasteiger partial charge in [-0.2, -0.15) is 0 Å². The summed E-state index contributed by atoms with van der Waals surface area (Å²) in [5.74, 6) is 0.121. The highest BCUT2D eigenvalue weighted by molar-refractivity contribution is 7.92. The van der Waals surface area contributed by atoms with Gasteiger partial charge in [0.1, 0.15) is 9.96 Å². The Hall–Kier alpha value is -3.24. The van der Waals surface area contributed by atoms with Crippen molar-refractivity contribution in [2.45, 2.75) is 11.1 Å². The summed E-state index contributed by atoms with van der Waals surface area (Å²) in [6.45, 7) is 1.84. The second-order valence-electron chi connectivity index (χ2n) is 6.41. The van der Waals surface area contributed by atoms with Crippen molar-refractivity contribution in [1.82, 2.24) is 4.98 Å². The predicted molar refractivity (Wildman–Crippen MR) is 115 cm³/mol. The molecule has 156 valence electrons. The number of rotatable bonds is 6. The summed E-state index contributed by atoms with van der Waals surface area (Å²) in [4.78, 5) is 29.4. The quantitative estimate of drug-likeness (QED) is 0.559. The average Bonchev–Trinajstić information content (AvgIpc) is 3.17. The number of anilines is 2. The average molecular weight is 446 g/mol. The van der Waals surface area contributed by atoms with Crippen molar-refractivity contribution in [2.24, 2.45) is 0 Å². The zero-order chi connectivity index (χ0) is 21.9. The van der Waals surface area contributed by atoms with Crippen molar-refractivity contribution in [1.29, 1.82) is 0 Å². The number of thiazole rings is 1. The third-order valence-corrected chi connectivity index (χ3v) is 6.79. The largest absolute Gasteiger partial charge is 0.496 e. The summed E-state index contributed by atoms with van der Waals surface area (Å²) in [5, 5.41) is 5.23. The molecule has 0 fully saturated rings. The highest BCUT2D eigenvalue weighted by Crippen LogP contribution is 2.27. The van der Waals surface area contributed by atoms with Crippen LogP contribution in [-0.2, 0) is 9.84 Å². The molecule has 10 heteroatoms. The Bertz CT molecular complexity index is 1220. The van der Waals surface area contributed by atoms with E-state index < -0.39 is 15.9 Å². The topological polar surface area (TPSA) is 114 Å². The van der Waals surface area contributed by atoms with E-state index in [1.54, 1.807) is 42.5 Å². The molecule has 0 aliphatic rings. The van der Waals surface area contributed by atoms with Crippen LogP contribution in [0.3, 0.4) is 0 Å². The van der Waals surface area contributed by atoms with Gasteiger partial charge in [0, 0.05) is 11.8 Å². The number of urea groups is 1. The maximum Gasteiger partial charge on any atom is 0.325 e. The first-order valence-electron chi connectivity index (χ1n) is 8.71. The first-order valence-corrected chi connectivity index (χ1v) is 11.4. The van der Waals surface area contributed by atoms with Gasteiger partial charge in [-0.25, -0.2) is 18.2 Å². The van der Waals surface area contributed by atoms with Crippen molar-refractivity contribution >= 4 is 43.8 Å². The van der Waals surface area contributed by atoms with E-state index in [0.29, 0.717) is 22.6 Å². The van der Waals surface area contributed by atoms with E-state index in [1.165, 1.54) is 13.3 Å². The normalized spacial score (nSPS) is 11.0. The van der Waals surface area contributed by atoms with Gasteiger partial charge in [-0.05, 0) is 31.2 Å². The summed E-state index contributed by atoms with van der Waals surface area (Å²) >= 11 is 0.839. The van der Waals surface area contributed by atoms with Crippen LogP contribution in [0, 0.1) is 6.92 Å². The Morgan fingerprint density at radius 1 is 1.07 bits per heavy atom. The van der Waals surface area contributed by atoms with Crippen molar-refractivity contribution in [3.63, 3.8) is 0 Å². The van der Waals surface area contributed by atoms with Gasteiger partial charge in [-0.1, -0.05) is 35.1 Å². The molecule has 2 aromatic carbocycles. The van der Waals surface area contributed by atoms with Crippen LogP contribution in [0.2, 0.25) is 0 Å². The van der Waals surface area contributed by atoms with E-state index in [-0.39, 0.29) is 15.1 Å². The number of hydrogen-bond acceptors (Lipinski definition) is 7. The number of carbonyl (C=O) groups is 2. The number of amides is 2. The number of methoxy groups -OCH3 is 1. The number of nitrogens with zero attached hydrogens (tertiary/aromatic N) is 1. The molecule has 0 saturated carbocycles. The first kappa shape index (κ1) is 21.5. The minimum absolute atomic E-state index is 0.0418. The molecule has 3 aromatic rings. The van der Waals surface area contributed by atoms with Crippen LogP contribution in [0.25, 0.3) is 0 Å². The van der Waals surface area contributed by atoms with Gasteiger partial charge in [0.05, 0.1) is 24.6 Å². The lowest BCUT2D eigenvalue weighted by Crippen LogP contribution is -2.21. The summed E-state index contributed by atoms with van der Waals surface area (Å²) in [6, 6.07) is 11.2. The number of ketones is 1. The van der Waals surface area contributed by atoms with Crippen molar-refractivity contribution in [2.75, 3.05) is 24.0 Å². The number of ether oxygens (including phenoxy) is 1. The van der Waals surface area contributed by atoms with Gasteiger partial charge in [0.15, 0.2) is 20.8 Å². The Morgan fingerprint density at radius 2 is 1.80 bits per heavy atom. The first-order chi connectivity index (χ1) is 14.2. The van der Waals surface area contributed by atoms with E-state index in [9.17, 15) is 18.0 Å². The number of benzene rings is 2. The van der Waals surface area contributed by atoms with Crippen molar-refractivity contribution in [3.05, 3.63) is 65.4 Å². The summed E-state index contributed by atoms with van der Waals surface area (Å²) < 4.78 is 28.4. The number of aromatic nitrogens is 1. The van der Waals surface area contributed by atoms with Gasteiger partial charge in [-0.3, -0.25) is 10.1 Å². The Labute approximate surface area is 177 Å².